The number of aromatic amines is 1. The lowest BCUT2D eigenvalue weighted by Crippen LogP contribution is -2.43. The van der Waals surface area contributed by atoms with Gasteiger partial charge in [-0.2, -0.15) is 0 Å². The van der Waals surface area contributed by atoms with Gasteiger partial charge in [0.1, 0.15) is 5.82 Å². The summed E-state index contributed by atoms with van der Waals surface area (Å²) in [5.41, 5.74) is 3.51. The zero-order valence-corrected chi connectivity index (χ0v) is 11.0. The number of fused-ring (bicyclic) bond motifs is 1. The maximum atomic E-state index is 4.61. The fraction of sp³-hybridized carbons (Fsp3) is 0.500. The average Bonchev–Trinajstić information content (AvgIpc) is 2.82. The first kappa shape index (κ1) is 11.5. The summed E-state index contributed by atoms with van der Waals surface area (Å²) in [6.07, 6.45) is 0. The molecule has 4 nitrogen and oxygen atoms in total. The molecule has 0 saturated carbocycles. The Balaban J connectivity index is 1.94. The topological polar surface area (TPSA) is 44.0 Å². The number of nitrogens with one attached hydrogen (secondary N) is 2. The van der Waals surface area contributed by atoms with Crippen molar-refractivity contribution >= 4 is 16.7 Å². The van der Waals surface area contributed by atoms with E-state index in [-0.39, 0.29) is 0 Å². The molecule has 1 aliphatic heterocycles. The van der Waals surface area contributed by atoms with Crippen LogP contribution in [0.2, 0.25) is 0 Å². The van der Waals surface area contributed by atoms with Crippen LogP contribution in [0.1, 0.15) is 25.6 Å². The minimum absolute atomic E-state index is 0.444. The van der Waals surface area contributed by atoms with Crippen LogP contribution in [0.4, 0.5) is 5.69 Å². The molecule has 96 valence electrons. The lowest BCUT2D eigenvalue weighted by Gasteiger charge is -2.29. The Morgan fingerprint density at radius 1 is 1.22 bits per heavy atom. The van der Waals surface area contributed by atoms with Crippen molar-refractivity contribution in [3.05, 3.63) is 24.0 Å². The van der Waals surface area contributed by atoms with E-state index in [4.69, 9.17) is 0 Å². The van der Waals surface area contributed by atoms with Crippen molar-refractivity contribution in [2.24, 2.45) is 0 Å². The molecular formula is C14H20N4. The Bertz CT molecular complexity index is 538. The molecule has 2 N–H and O–H groups in total. The molecule has 1 fully saturated rings. The van der Waals surface area contributed by atoms with Crippen molar-refractivity contribution in [1.29, 1.82) is 0 Å². The largest absolute Gasteiger partial charge is 0.369 e. The number of aromatic nitrogens is 2. The molecule has 2 aromatic rings. The van der Waals surface area contributed by atoms with Gasteiger partial charge < -0.3 is 15.2 Å². The van der Waals surface area contributed by atoms with Gasteiger partial charge >= 0.3 is 0 Å². The number of hydrogen-bond acceptors (Lipinski definition) is 3. The first-order chi connectivity index (χ1) is 8.74. The standard InChI is InChI=1S/C14H20N4/c1-10(2)14-16-12-4-3-11(9-13(12)17-14)18-7-5-15-6-8-18/h3-4,9-10,15H,5-8H2,1-2H3,(H,16,17). The summed E-state index contributed by atoms with van der Waals surface area (Å²) in [5, 5.41) is 3.38. The van der Waals surface area contributed by atoms with Crippen LogP contribution in [0.5, 0.6) is 0 Å². The fourth-order valence-corrected chi connectivity index (χ4v) is 2.41. The third-order valence-electron chi connectivity index (χ3n) is 3.51. The number of rotatable bonds is 2. The molecule has 0 unspecified atom stereocenters. The molecule has 2 heterocycles. The zero-order chi connectivity index (χ0) is 12.5. The molecule has 18 heavy (non-hydrogen) atoms. The molecule has 1 aromatic carbocycles. The van der Waals surface area contributed by atoms with Gasteiger partial charge in [-0.25, -0.2) is 4.98 Å². The van der Waals surface area contributed by atoms with Gasteiger partial charge in [0.25, 0.3) is 0 Å². The van der Waals surface area contributed by atoms with Crippen LogP contribution in [-0.2, 0) is 0 Å². The maximum Gasteiger partial charge on any atom is 0.109 e. The van der Waals surface area contributed by atoms with E-state index in [0.29, 0.717) is 5.92 Å². The van der Waals surface area contributed by atoms with Gasteiger partial charge in [0, 0.05) is 37.8 Å². The van der Waals surface area contributed by atoms with Gasteiger partial charge in [-0.3, -0.25) is 0 Å². The number of benzene rings is 1. The highest BCUT2D eigenvalue weighted by atomic mass is 15.2. The quantitative estimate of drug-likeness (QED) is 0.850. The van der Waals surface area contributed by atoms with E-state index in [1.54, 1.807) is 0 Å². The zero-order valence-electron chi connectivity index (χ0n) is 11.0. The molecular weight excluding hydrogens is 224 g/mol. The smallest absolute Gasteiger partial charge is 0.109 e. The van der Waals surface area contributed by atoms with Gasteiger partial charge in [-0.15, -0.1) is 0 Å². The van der Waals surface area contributed by atoms with Crippen molar-refractivity contribution in [3.63, 3.8) is 0 Å². The van der Waals surface area contributed by atoms with E-state index in [1.807, 2.05) is 0 Å². The normalized spacial score (nSPS) is 16.7. The van der Waals surface area contributed by atoms with Crippen LogP contribution in [0.15, 0.2) is 18.2 Å². The minimum atomic E-state index is 0.444. The van der Waals surface area contributed by atoms with Gasteiger partial charge in [-0.05, 0) is 18.2 Å². The third kappa shape index (κ3) is 2.08. The van der Waals surface area contributed by atoms with Crippen LogP contribution in [0.3, 0.4) is 0 Å². The SMILES string of the molecule is CC(C)c1nc2ccc(N3CCNCC3)cc2[nH]1. The van der Waals surface area contributed by atoms with Crippen molar-refractivity contribution in [1.82, 2.24) is 15.3 Å². The van der Waals surface area contributed by atoms with Crippen molar-refractivity contribution < 1.29 is 0 Å². The molecule has 0 radical (unpaired) electrons. The monoisotopic (exact) mass is 244 g/mol. The van der Waals surface area contributed by atoms with Crippen molar-refractivity contribution in [2.45, 2.75) is 19.8 Å². The molecule has 0 amide bonds. The number of piperazine rings is 1. The predicted octanol–water partition coefficient (Wildman–Crippen LogP) is 2.10. The summed E-state index contributed by atoms with van der Waals surface area (Å²) < 4.78 is 0. The van der Waals surface area contributed by atoms with Crippen LogP contribution < -0.4 is 10.2 Å². The lowest BCUT2D eigenvalue weighted by molar-refractivity contribution is 0.589. The van der Waals surface area contributed by atoms with E-state index in [9.17, 15) is 0 Å². The van der Waals surface area contributed by atoms with E-state index >= 15 is 0 Å². The Labute approximate surface area is 107 Å². The molecule has 0 aliphatic carbocycles. The van der Waals surface area contributed by atoms with Crippen LogP contribution in [0, 0.1) is 0 Å². The fourth-order valence-electron chi connectivity index (χ4n) is 2.41. The highest BCUT2D eigenvalue weighted by Gasteiger charge is 2.12. The molecule has 0 atom stereocenters. The third-order valence-corrected chi connectivity index (χ3v) is 3.51. The lowest BCUT2D eigenvalue weighted by atomic mass is 10.2. The van der Waals surface area contributed by atoms with Gasteiger partial charge in [0.2, 0.25) is 0 Å². The number of H-pyrrole nitrogens is 1. The highest BCUT2D eigenvalue weighted by molar-refractivity contribution is 5.79. The van der Waals surface area contributed by atoms with Crippen molar-refractivity contribution in [3.8, 4) is 0 Å². The van der Waals surface area contributed by atoms with E-state index in [0.717, 1.165) is 43.0 Å². The maximum absolute atomic E-state index is 4.61. The summed E-state index contributed by atoms with van der Waals surface area (Å²) in [5.74, 6) is 1.52. The van der Waals surface area contributed by atoms with Crippen LogP contribution >= 0.6 is 0 Å². The molecule has 0 spiro atoms. The summed E-state index contributed by atoms with van der Waals surface area (Å²) >= 11 is 0. The second-order valence-electron chi connectivity index (χ2n) is 5.22. The molecule has 3 rings (SSSR count). The molecule has 4 heteroatoms. The summed E-state index contributed by atoms with van der Waals surface area (Å²) in [6, 6.07) is 6.52. The van der Waals surface area contributed by atoms with Crippen LogP contribution in [-0.4, -0.2) is 36.1 Å². The highest BCUT2D eigenvalue weighted by Crippen LogP contribution is 2.23. The first-order valence-electron chi connectivity index (χ1n) is 6.69. The number of imidazole rings is 1. The minimum Gasteiger partial charge on any atom is -0.369 e. The van der Waals surface area contributed by atoms with E-state index in [2.05, 4.69) is 52.2 Å². The predicted molar refractivity (Wildman–Crippen MR) is 75.3 cm³/mol. The van der Waals surface area contributed by atoms with E-state index < -0.39 is 0 Å². The van der Waals surface area contributed by atoms with Crippen molar-refractivity contribution in [2.75, 3.05) is 31.1 Å². The van der Waals surface area contributed by atoms with Gasteiger partial charge in [0.05, 0.1) is 11.0 Å². The Morgan fingerprint density at radius 3 is 2.72 bits per heavy atom. The average molecular weight is 244 g/mol. The van der Waals surface area contributed by atoms with Crippen LogP contribution in [0.25, 0.3) is 11.0 Å². The molecule has 1 aromatic heterocycles. The number of nitrogens with zero attached hydrogens (tertiary/aromatic N) is 2. The summed E-state index contributed by atoms with van der Waals surface area (Å²) in [6.45, 7) is 8.62. The number of anilines is 1. The number of hydrogen-bond donors (Lipinski definition) is 2. The second-order valence-corrected chi connectivity index (χ2v) is 5.22. The second kappa shape index (κ2) is 4.61. The van der Waals surface area contributed by atoms with Gasteiger partial charge in [-0.1, -0.05) is 13.8 Å². The molecule has 0 bridgehead atoms. The Kier molecular flexibility index (Phi) is 2.96. The van der Waals surface area contributed by atoms with Gasteiger partial charge in [0.15, 0.2) is 0 Å². The van der Waals surface area contributed by atoms with E-state index in [1.165, 1.54) is 5.69 Å². The molecule has 1 aliphatic rings. The Morgan fingerprint density at radius 2 is 2.00 bits per heavy atom. The summed E-state index contributed by atoms with van der Waals surface area (Å²) in [7, 11) is 0. The molecule has 1 saturated heterocycles. The first-order valence-corrected chi connectivity index (χ1v) is 6.69. The Hall–Kier alpha value is -1.55. The summed E-state index contributed by atoms with van der Waals surface area (Å²) in [4.78, 5) is 10.5.